The molecule has 25 heavy (non-hydrogen) atoms. The van der Waals surface area contributed by atoms with E-state index in [1.807, 2.05) is 38.1 Å². The third kappa shape index (κ3) is 4.40. The van der Waals surface area contributed by atoms with Crippen molar-refractivity contribution in [3.05, 3.63) is 70.8 Å². The minimum absolute atomic E-state index is 0.224. The number of esters is 1. The van der Waals surface area contributed by atoms with Crippen molar-refractivity contribution in [3.8, 4) is 0 Å². The van der Waals surface area contributed by atoms with Crippen LogP contribution in [-0.2, 0) is 16.1 Å². The van der Waals surface area contributed by atoms with Gasteiger partial charge in [0, 0.05) is 5.39 Å². The largest absolute Gasteiger partial charge is 0.460 e. The molecule has 3 nitrogen and oxygen atoms in total. The van der Waals surface area contributed by atoms with E-state index in [1.165, 1.54) is 17.3 Å². The zero-order valence-corrected chi connectivity index (χ0v) is 15.5. The van der Waals surface area contributed by atoms with E-state index in [2.05, 4.69) is 36.2 Å². The van der Waals surface area contributed by atoms with E-state index >= 15 is 0 Å². The molecule has 0 bridgehead atoms. The minimum atomic E-state index is -0.224. The summed E-state index contributed by atoms with van der Waals surface area (Å²) in [5.41, 5.74) is 5.48. The van der Waals surface area contributed by atoms with Crippen molar-refractivity contribution in [2.24, 2.45) is 0 Å². The summed E-state index contributed by atoms with van der Waals surface area (Å²) in [7, 11) is 0. The van der Waals surface area contributed by atoms with Gasteiger partial charge < -0.3 is 4.74 Å². The van der Waals surface area contributed by atoms with Gasteiger partial charge in [-0.15, -0.1) is 0 Å². The predicted molar refractivity (Wildman–Crippen MR) is 103 cm³/mol. The SMILES string of the molecule is Cc1ccc(C)c(COC(=O)CSc2cc(C)c3ccccc3n2)c1. The van der Waals surface area contributed by atoms with Gasteiger partial charge in [-0.25, -0.2) is 4.98 Å². The molecular weight excluding hydrogens is 330 g/mol. The average Bonchev–Trinajstić information content (AvgIpc) is 2.61. The smallest absolute Gasteiger partial charge is 0.316 e. The fourth-order valence-electron chi connectivity index (χ4n) is 2.68. The van der Waals surface area contributed by atoms with E-state index in [4.69, 9.17) is 4.74 Å². The van der Waals surface area contributed by atoms with Crippen LogP contribution < -0.4 is 0 Å². The number of ether oxygens (including phenoxy) is 1. The van der Waals surface area contributed by atoms with Crippen LogP contribution in [-0.4, -0.2) is 16.7 Å². The van der Waals surface area contributed by atoms with Crippen molar-refractivity contribution in [1.29, 1.82) is 0 Å². The van der Waals surface area contributed by atoms with Gasteiger partial charge in [0.1, 0.15) is 6.61 Å². The lowest BCUT2D eigenvalue weighted by atomic mass is 10.1. The van der Waals surface area contributed by atoms with Crippen molar-refractivity contribution in [2.75, 3.05) is 5.75 Å². The number of carbonyl (C=O) groups excluding carboxylic acids is 1. The van der Waals surface area contributed by atoms with Crippen LogP contribution in [0.15, 0.2) is 53.6 Å². The Hall–Kier alpha value is -2.33. The van der Waals surface area contributed by atoms with E-state index in [1.54, 1.807) is 0 Å². The molecule has 0 aliphatic rings. The van der Waals surface area contributed by atoms with E-state index < -0.39 is 0 Å². The van der Waals surface area contributed by atoms with Gasteiger partial charge in [-0.3, -0.25) is 4.79 Å². The van der Waals surface area contributed by atoms with Crippen LogP contribution in [0.4, 0.5) is 0 Å². The summed E-state index contributed by atoms with van der Waals surface area (Å²) in [4.78, 5) is 16.7. The van der Waals surface area contributed by atoms with Gasteiger partial charge in [-0.1, -0.05) is 53.7 Å². The molecule has 0 aliphatic heterocycles. The quantitative estimate of drug-likeness (QED) is 0.479. The number of hydrogen-bond donors (Lipinski definition) is 0. The Balaban J connectivity index is 1.60. The van der Waals surface area contributed by atoms with E-state index in [-0.39, 0.29) is 11.7 Å². The Bertz CT molecular complexity index is 921. The van der Waals surface area contributed by atoms with Crippen LogP contribution >= 0.6 is 11.8 Å². The van der Waals surface area contributed by atoms with Gasteiger partial charge in [-0.05, 0) is 49.6 Å². The van der Waals surface area contributed by atoms with Crippen molar-refractivity contribution in [2.45, 2.75) is 32.4 Å². The maximum atomic E-state index is 12.1. The Morgan fingerprint density at radius 2 is 1.84 bits per heavy atom. The highest BCUT2D eigenvalue weighted by atomic mass is 32.2. The van der Waals surface area contributed by atoms with Crippen LogP contribution in [0, 0.1) is 20.8 Å². The zero-order valence-electron chi connectivity index (χ0n) is 14.7. The van der Waals surface area contributed by atoms with E-state index in [0.717, 1.165) is 32.6 Å². The second-order valence-electron chi connectivity index (χ2n) is 6.17. The number of hydrogen-bond acceptors (Lipinski definition) is 4. The molecule has 0 aliphatic carbocycles. The third-order valence-electron chi connectivity index (χ3n) is 4.13. The molecular formula is C21H21NO2S. The summed E-state index contributed by atoms with van der Waals surface area (Å²) in [6, 6.07) is 16.2. The summed E-state index contributed by atoms with van der Waals surface area (Å²) >= 11 is 1.41. The van der Waals surface area contributed by atoms with Crippen LogP contribution in [0.3, 0.4) is 0 Å². The van der Waals surface area contributed by atoms with Crippen molar-refractivity contribution < 1.29 is 9.53 Å². The maximum Gasteiger partial charge on any atom is 0.316 e. The topological polar surface area (TPSA) is 39.2 Å². The van der Waals surface area contributed by atoms with E-state index in [9.17, 15) is 4.79 Å². The first-order valence-corrected chi connectivity index (χ1v) is 9.22. The lowest BCUT2D eigenvalue weighted by Crippen LogP contribution is -2.08. The van der Waals surface area contributed by atoms with Gasteiger partial charge >= 0.3 is 5.97 Å². The van der Waals surface area contributed by atoms with Crippen molar-refractivity contribution in [1.82, 2.24) is 4.98 Å². The average molecular weight is 351 g/mol. The highest BCUT2D eigenvalue weighted by molar-refractivity contribution is 7.99. The van der Waals surface area contributed by atoms with Gasteiger partial charge in [0.05, 0.1) is 16.3 Å². The van der Waals surface area contributed by atoms with E-state index in [0.29, 0.717) is 6.61 Å². The molecule has 0 fully saturated rings. The first kappa shape index (κ1) is 17.5. The summed E-state index contributed by atoms with van der Waals surface area (Å²) < 4.78 is 5.42. The van der Waals surface area contributed by atoms with Crippen LogP contribution in [0.1, 0.15) is 22.3 Å². The molecule has 3 aromatic rings. The number of carbonyl (C=O) groups is 1. The molecule has 1 aromatic heterocycles. The fraction of sp³-hybridized carbons (Fsp3) is 0.238. The number of aryl methyl sites for hydroxylation is 3. The van der Waals surface area contributed by atoms with Crippen LogP contribution in [0.2, 0.25) is 0 Å². The molecule has 0 amide bonds. The highest BCUT2D eigenvalue weighted by Gasteiger charge is 2.09. The lowest BCUT2D eigenvalue weighted by molar-refractivity contribution is -0.141. The van der Waals surface area contributed by atoms with Gasteiger partial charge in [0.15, 0.2) is 0 Å². The predicted octanol–water partition coefficient (Wildman–Crippen LogP) is 5.00. The molecule has 4 heteroatoms. The Kier molecular flexibility index (Phi) is 5.39. The van der Waals surface area contributed by atoms with Crippen molar-refractivity contribution in [3.63, 3.8) is 0 Å². The summed E-state index contributed by atoms with van der Waals surface area (Å²) in [5.74, 6) is 0.0360. The monoisotopic (exact) mass is 351 g/mol. The number of aromatic nitrogens is 1. The first-order valence-electron chi connectivity index (χ1n) is 8.24. The van der Waals surface area contributed by atoms with Crippen LogP contribution in [0.5, 0.6) is 0 Å². The fourth-order valence-corrected chi connectivity index (χ4v) is 3.45. The molecule has 2 aromatic carbocycles. The summed E-state index contributed by atoms with van der Waals surface area (Å²) in [5, 5.41) is 1.99. The number of benzene rings is 2. The lowest BCUT2D eigenvalue weighted by Gasteiger charge is -2.09. The Morgan fingerprint density at radius 3 is 2.68 bits per heavy atom. The third-order valence-corrected chi connectivity index (χ3v) is 5.02. The highest BCUT2D eigenvalue weighted by Crippen LogP contribution is 2.23. The molecule has 0 saturated carbocycles. The second-order valence-corrected chi connectivity index (χ2v) is 7.17. The number of fused-ring (bicyclic) bond motifs is 1. The van der Waals surface area contributed by atoms with Gasteiger partial charge in [0.2, 0.25) is 0 Å². The number of rotatable bonds is 5. The Morgan fingerprint density at radius 1 is 1.04 bits per heavy atom. The minimum Gasteiger partial charge on any atom is -0.460 e. The number of thioether (sulfide) groups is 1. The number of nitrogens with zero attached hydrogens (tertiary/aromatic N) is 1. The maximum absolute atomic E-state index is 12.1. The Labute approximate surface area is 152 Å². The molecule has 0 radical (unpaired) electrons. The molecule has 0 atom stereocenters. The summed E-state index contributed by atoms with van der Waals surface area (Å²) in [6.07, 6.45) is 0. The van der Waals surface area contributed by atoms with Gasteiger partial charge in [0.25, 0.3) is 0 Å². The molecule has 3 rings (SSSR count). The normalized spacial score (nSPS) is 10.8. The van der Waals surface area contributed by atoms with Crippen molar-refractivity contribution >= 4 is 28.6 Å². The first-order chi connectivity index (χ1) is 12.0. The molecule has 0 saturated heterocycles. The van der Waals surface area contributed by atoms with Crippen LogP contribution in [0.25, 0.3) is 10.9 Å². The van der Waals surface area contributed by atoms with Gasteiger partial charge in [-0.2, -0.15) is 0 Å². The molecule has 1 heterocycles. The molecule has 0 unspecified atom stereocenters. The standard InChI is InChI=1S/C21H21NO2S/c1-14-8-9-15(2)17(10-14)12-24-21(23)13-25-20-11-16(3)18-6-4-5-7-19(18)22-20/h4-11H,12-13H2,1-3H3. The number of para-hydroxylation sites is 1. The number of pyridine rings is 1. The molecule has 128 valence electrons. The second kappa shape index (κ2) is 7.70. The zero-order chi connectivity index (χ0) is 17.8. The molecule has 0 spiro atoms. The molecule has 0 N–H and O–H groups in total. The summed E-state index contributed by atoms with van der Waals surface area (Å²) in [6.45, 7) is 6.44.